The number of amides is 1. The molecule has 1 heterocycles. The van der Waals surface area contributed by atoms with E-state index in [0.717, 1.165) is 0 Å². The van der Waals surface area contributed by atoms with Crippen LogP contribution in [-0.4, -0.2) is 133 Å². The summed E-state index contributed by atoms with van der Waals surface area (Å²) >= 11 is 0. The lowest BCUT2D eigenvalue weighted by atomic mass is 9.83. The molecule has 0 bridgehead atoms. The minimum atomic E-state index is -1.36. The van der Waals surface area contributed by atoms with Crippen molar-refractivity contribution in [3.8, 4) is 0 Å². The van der Waals surface area contributed by atoms with Crippen molar-refractivity contribution in [3.63, 3.8) is 0 Å². The van der Waals surface area contributed by atoms with Crippen LogP contribution in [0.25, 0.3) is 0 Å². The SMILES string of the molecule is NCCNCCO[C@@H]1[C@@H](O)[C@H](O[C@H]2O[C@H](CN)[C@@H](O)[C@H](O)[C@H]2N)[C@@H](N)C[C@H]1NC(=O)[C@@H](O)CCN. The maximum atomic E-state index is 12.4. The number of carbonyl (C=O) groups is 1. The van der Waals surface area contributed by atoms with E-state index in [-0.39, 0.29) is 32.5 Å². The third kappa shape index (κ3) is 7.96. The van der Waals surface area contributed by atoms with E-state index in [9.17, 15) is 25.2 Å². The highest BCUT2D eigenvalue weighted by atomic mass is 16.7. The number of rotatable bonds is 13. The molecule has 15 nitrogen and oxygen atoms in total. The average Bonchev–Trinajstić information content (AvgIpc) is 2.83. The number of aliphatic hydroxyl groups is 4. The molecule has 2 aliphatic rings. The fourth-order valence-corrected chi connectivity index (χ4v) is 4.26. The first-order chi connectivity index (χ1) is 16.7. The van der Waals surface area contributed by atoms with Crippen LogP contribution in [0.5, 0.6) is 0 Å². The van der Waals surface area contributed by atoms with Gasteiger partial charge in [0.25, 0.3) is 0 Å². The molecule has 16 N–H and O–H groups in total. The molecule has 0 aromatic carbocycles. The second-order valence-corrected chi connectivity index (χ2v) is 8.91. The van der Waals surface area contributed by atoms with Gasteiger partial charge in [-0.3, -0.25) is 4.79 Å². The summed E-state index contributed by atoms with van der Waals surface area (Å²) in [5.41, 5.74) is 28.7. The largest absolute Gasteiger partial charge is 0.388 e. The van der Waals surface area contributed by atoms with Crippen LogP contribution in [0.1, 0.15) is 12.8 Å². The lowest BCUT2D eigenvalue weighted by Gasteiger charge is -2.47. The van der Waals surface area contributed by atoms with Crippen LogP contribution in [0, 0.1) is 0 Å². The average molecular weight is 510 g/mol. The van der Waals surface area contributed by atoms with Crippen molar-refractivity contribution in [3.05, 3.63) is 0 Å². The van der Waals surface area contributed by atoms with E-state index in [1.54, 1.807) is 0 Å². The van der Waals surface area contributed by atoms with E-state index in [1.165, 1.54) is 0 Å². The monoisotopic (exact) mass is 509 g/mol. The summed E-state index contributed by atoms with van der Waals surface area (Å²) in [6, 6.07) is -2.66. The predicted octanol–water partition coefficient (Wildman–Crippen LogP) is -6.68. The molecule has 0 aromatic heterocycles. The fourth-order valence-electron chi connectivity index (χ4n) is 4.26. The lowest BCUT2D eigenvalue weighted by Crippen LogP contribution is -2.68. The van der Waals surface area contributed by atoms with Crippen LogP contribution in [0.4, 0.5) is 0 Å². The smallest absolute Gasteiger partial charge is 0.249 e. The van der Waals surface area contributed by atoms with E-state index in [0.29, 0.717) is 19.6 Å². The zero-order valence-corrected chi connectivity index (χ0v) is 19.8. The molecule has 206 valence electrons. The number of hydrogen-bond acceptors (Lipinski definition) is 14. The first-order valence-electron chi connectivity index (χ1n) is 11.9. The van der Waals surface area contributed by atoms with Crippen molar-refractivity contribution < 1.29 is 39.4 Å². The summed E-state index contributed by atoms with van der Waals surface area (Å²) in [6.45, 7) is 1.67. The van der Waals surface area contributed by atoms with Crippen LogP contribution in [0.3, 0.4) is 0 Å². The van der Waals surface area contributed by atoms with Crippen molar-refractivity contribution in [1.82, 2.24) is 10.6 Å². The van der Waals surface area contributed by atoms with E-state index in [1.807, 2.05) is 0 Å². The van der Waals surface area contributed by atoms with Gasteiger partial charge >= 0.3 is 0 Å². The predicted molar refractivity (Wildman–Crippen MR) is 124 cm³/mol. The van der Waals surface area contributed by atoms with Gasteiger partial charge < -0.3 is 73.9 Å². The zero-order valence-electron chi connectivity index (χ0n) is 19.8. The van der Waals surface area contributed by atoms with E-state index >= 15 is 0 Å². The maximum Gasteiger partial charge on any atom is 0.249 e. The quantitative estimate of drug-likeness (QED) is 0.103. The van der Waals surface area contributed by atoms with Crippen molar-refractivity contribution in [2.24, 2.45) is 28.7 Å². The van der Waals surface area contributed by atoms with Gasteiger partial charge in [-0.1, -0.05) is 0 Å². The van der Waals surface area contributed by atoms with Crippen molar-refractivity contribution in [1.29, 1.82) is 0 Å². The Labute approximate surface area is 204 Å². The van der Waals surface area contributed by atoms with Gasteiger partial charge in [-0.05, 0) is 19.4 Å². The molecular weight excluding hydrogens is 466 g/mol. The molecule has 1 saturated heterocycles. The summed E-state index contributed by atoms with van der Waals surface area (Å²) in [5.74, 6) is -0.658. The second kappa shape index (κ2) is 14.6. The molecule has 0 spiro atoms. The Balaban J connectivity index is 2.13. The fraction of sp³-hybridized carbons (Fsp3) is 0.950. The van der Waals surface area contributed by atoms with Crippen molar-refractivity contribution in [2.75, 3.05) is 39.3 Å². The Morgan fingerprint density at radius 3 is 2.37 bits per heavy atom. The van der Waals surface area contributed by atoms with Crippen LogP contribution in [0.2, 0.25) is 0 Å². The molecule has 1 aliphatic heterocycles. The Bertz CT molecular complexity index is 636. The molecule has 0 aromatic rings. The summed E-state index contributed by atoms with van der Waals surface area (Å²) < 4.78 is 17.4. The van der Waals surface area contributed by atoms with Crippen LogP contribution in [0.15, 0.2) is 0 Å². The van der Waals surface area contributed by atoms with Crippen LogP contribution >= 0.6 is 0 Å². The number of ether oxygens (including phenoxy) is 3. The van der Waals surface area contributed by atoms with Crippen molar-refractivity contribution >= 4 is 5.91 Å². The number of nitrogens with two attached hydrogens (primary N) is 5. The van der Waals surface area contributed by atoms with Gasteiger partial charge in [0, 0.05) is 32.2 Å². The van der Waals surface area contributed by atoms with Gasteiger partial charge in [-0.15, -0.1) is 0 Å². The summed E-state index contributed by atoms with van der Waals surface area (Å²) in [4.78, 5) is 12.4. The molecule has 15 heteroatoms. The Morgan fingerprint density at radius 2 is 1.74 bits per heavy atom. The Morgan fingerprint density at radius 1 is 1.03 bits per heavy atom. The highest BCUT2D eigenvalue weighted by Crippen LogP contribution is 2.29. The van der Waals surface area contributed by atoms with Gasteiger partial charge in [-0.2, -0.15) is 0 Å². The minimum absolute atomic E-state index is 0.0703. The number of hydrogen-bond donors (Lipinski definition) is 11. The van der Waals surface area contributed by atoms with E-state index < -0.39 is 73.1 Å². The van der Waals surface area contributed by atoms with Gasteiger partial charge in [0.15, 0.2) is 6.29 Å². The van der Waals surface area contributed by atoms with Gasteiger partial charge in [0.2, 0.25) is 5.91 Å². The molecule has 2 rings (SSSR count). The molecule has 0 radical (unpaired) electrons. The molecule has 1 saturated carbocycles. The van der Waals surface area contributed by atoms with Gasteiger partial charge in [-0.25, -0.2) is 0 Å². The Kier molecular flexibility index (Phi) is 12.6. The minimum Gasteiger partial charge on any atom is -0.388 e. The normalized spacial score (nSPS) is 38.8. The third-order valence-corrected chi connectivity index (χ3v) is 6.27. The number of carbonyl (C=O) groups excluding carboxylic acids is 1. The molecule has 1 amide bonds. The number of aliphatic hydroxyl groups excluding tert-OH is 4. The van der Waals surface area contributed by atoms with Gasteiger partial charge in [0.05, 0.1) is 18.7 Å². The molecule has 0 unspecified atom stereocenters. The third-order valence-electron chi connectivity index (χ3n) is 6.27. The standard InChI is InChI=1S/C20H43N7O8/c21-2-1-11(28)19(32)27-10-7-9(24)17(16(31)18(10)33-6-5-26-4-3-22)35-20-13(25)15(30)14(29)12(8-23)34-20/h9-18,20,26,28-31H,1-8,21-25H2,(H,27,32)/t9-,10+,11-,12+,13+,14+,15+,16-,17+,18-,20+/m0/s1. The molecule has 1 aliphatic carbocycles. The number of nitrogens with one attached hydrogen (secondary N) is 2. The summed E-state index contributed by atoms with van der Waals surface area (Å²) in [6.07, 6.45) is -9.23. The van der Waals surface area contributed by atoms with Gasteiger partial charge in [0.1, 0.15) is 42.7 Å². The second-order valence-electron chi connectivity index (χ2n) is 8.91. The van der Waals surface area contributed by atoms with E-state index in [2.05, 4.69) is 10.6 Å². The lowest BCUT2D eigenvalue weighted by molar-refractivity contribution is -0.289. The zero-order chi connectivity index (χ0) is 26.1. The molecular formula is C20H43N7O8. The highest BCUT2D eigenvalue weighted by Gasteiger charge is 2.49. The van der Waals surface area contributed by atoms with E-state index in [4.69, 9.17) is 42.9 Å². The molecule has 35 heavy (non-hydrogen) atoms. The molecule has 11 atom stereocenters. The Hall–Kier alpha value is -1.05. The first kappa shape index (κ1) is 30.2. The summed E-state index contributed by atoms with van der Waals surface area (Å²) in [5, 5.41) is 47.2. The summed E-state index contributed by atoms with van der Waals surface area (Å²) in [7, 11) is 0. The highest BCUT2D eigenvalue weighted by molar-refractivity contribution is 5.80. The van der Waals surface area contributed by atoms with Crippen LogP contribution < -0.4 is 39.3 Å². The first-order valence-corrected chi connectivity index (χ1v) is 11.9. The molecule has 2 fully saturated rings. The van der Waals surface area contributed by atoms with Crippen LogP contribution in [-0.2, 0) is 19.0 Å². The van der Waals surface area contributed by atoms with Crippen molar-refractivity contribution in [2.45, 2.75) is 80.0 Å². The topological polar surface area (TPSA) is 280 Å². The maximum absolute atomic E-state index is 12.4.